The highest BCUT2D eigenvalue weighted by molar-refractivity contribution is 5.88. The molecule has 2 heterocycles. The average Bonchev–Trinajstić information content (AvgIpc) is 2.15. The molecule has 0 saturated carbocycles. The smallest absolute Gasteiger partial charge is 0.228 e. The summed E-state index contributed by atoms with van der Waals surface area (Å²) in [7, 11) is 0. The molecule has 3 aliphatic rings. The van der Waals surface area contributed by atoms with Crippen LogP contribution >= 0.6 is 0 Å². The van der Waals surface area contributed by atoms with E-state index >= 15 is 0 Å². The Morgan fingerprint density at radius 2 is 1.93 bits per heavy atom. The molecule has 4 rings (SSSR count). The van der Waals surface area contributed by atoms with Crippen LogP contribution < -0.4 is 5.32 Å². The Hall–Kier alpha value is -1.31. The molecule has 1 aliphatic carbocycles. The van der Waals surface area contributed by atoms with E-state index in [1.807, 2.05) is 6.07 Å². The monoisotopic (exact) mass is 201 g/mol. The lowest BCUT2D eigenvalue weighted by Crippen LogP contribution is -2.51. The summed E-state index contributed by atoms with van der Waals surface area (Å²) in [5.41, 5.74) is 2.66. The fourth-order valence-corrected chi connectivity index (χ4v) is 3.15. The fraction of sp³-hybridized carbons (Fsp3) is 0.462. The van der Waals surface area contributed by atoms with Crippen LogP contribution in [-0.4, -0.2) is 5.91 Å². The van der Waals surface area contributed by atoms with Crippen LogP contribution in [0.3, 0.4) is 0 Å². The zero-order chi connectivity index (χ0) is 10.6. The number of amides is 1. The molecule has 1 saturated heterocycles. The maximum atomic E-state index is 11.9. The minimum absolute atomic E-state index is 0.0405. The van der Waals surface area contributed by atoms with Crippen LogP contribution in [0.25, 0.3) is 0 Å². The number of nitrogens with one attached hydrogen (secondary N) is 1. The van der Waals surface area contributed by atoms with Gasteiger partial charge in [-0.1, -0.05) is 38.1 Å². The molecule has 1 aromatic carbocycles. The molecule has 0 spiro atoms. The van der Waals surface area contributed by atoms with E-state index < -0.39 is 0 Å². The lowest BCUT2D eigenvalue weighted by atomic mass is 9.61. The summed E-state index contributed by atoms with van der Waals surface area (Å²) in [4.78, 5) is 11.9. The highest BCUT2D eigenvalue weighted by Crippen LogP contribution is 2.52. The van der Waals surface area contributed by atoms with Crippen molar-refractivity contribution in [2.45, 2.75) is 32.2 Å². The van der Waals surface area contributed by atoms with Gasteiger partial charge in [0.15, 0.2) is 0 Å². The molecule has 15 heavy (non-hydrogen) atoms. The van der Waals surface area contributed by atoms with Crippen LogP contribution in [0.1, 0.15) is 43.4 Å². The Kier molecular flexibility index (Phi) is 1.57. The van der Waals surface area contributed by atoms with Crippen molar-refractivity contribution in [3.63, 3.8) is 0 Å². The van der Waals surface area contributed by atoms with Crippen molar-refractivity contribution in [2.75, 3.05) is 0 Å². The van der Waals surface area contributed by atoms with Crippen molar-refractivity contribution < 1.29 is 4.79 Å². The first kappa shape index (κ1) is 8.96. The molecule has 2 bridgehead atoms. The number of piperidine rings is 1. The van der Waals surface area contributed by atoms with Crippen molar-refractivity contribution in [1.82, 2.24) is 5.32 Å². The van der Waals surface area contributed by atoms with Gasteiger partial charge in [0.05, 0.1) is 12.0 Å². The maximum absolute atomic E-state index is 11.9. The number of benzene rings is 1. The van der Waals surface area contributed by atoms with Crippen LogP contribution in [0.5, 0.6) is 0 Å². The lowest BCUT2D eigenvalue weighted by Gasteiger charge is -2.48. The molecule has 1 fully saturated rings. The molecule has 78 valence electrons. The topological polar surface area (TPSA) is 29.1 Å². The molecule has 2 unspecified atom stereocenters. The molecule has 2 aliphatic heterocycles. The number of fused-ring (bicyclic) bond motifs is 2. The van der Waals surface area contributed by atoms with E-state index in [1.54, 1.807) is 0 Å². The van der Waals surface area contributed by atoms with Gasteiger partial charge in [0, 0.05) is 0 Å². The van der Waals surface area contributed by atoms with E-state index in [0.717, 1.165) is 6.42 Å². The predicted molar refractivity (Wildman–Crippen MR) is 58.5 cm³/mol. The highest BCUT2D eigenvalue weighted by atomic mass is 16.2. The highest BCUT2D eigenvalue weighted by Gasteiger charge is 2.49. The summed E-state index contributed by atoms with van der Waals surface area (Å²) in [6, 6.07) is 8.56. The van der Waals surface area contributed by atoms with E-state index in [4.69, 9.17) is 0 Å². The molecule has 0 radical (unpaired) electrons. The number of hydrogen-bond donors (Lipinski definition) is 1. The fourth-order valence-electron chi connectivity index (χ4n) is 3.15. The average molecular weight is 201 g/mol. The third-order valence-corrected chi connectivity index (χ3v) is 3.77. The zero-order valence-corrected chi connectivity index (χ0v) is 9.08. The van der Waals surface area contributed by atoms with E-state index in [9.17, 15) is 4.79 Å². The molecule has 1 amide bonds. The Morgan fingerprint density at radius 3 is 2.60 bits per heavy atom. The molecule has 2 heteroatoms. The van der Waals surface area contributed by atoms with Gasteiger partial charge in [-0.3, -0.25) is 4.79 Å². The minimum atomic E-state index is 0.0405. The Labute approximate surface area is 89.7 Å². The third kappa shape index (κ3) is 1.08. The van der Waals surface area contributed by atoms with Gasteiger partial charge in [0.25, 0.3) is 0 Å². The van der Waals surface area contributed by atoms with E-state index in [1.165, 1.54) is 11.1 Å². The second-order valence-electron chi connectivity index (χ2n) is 5.32. The van der Waals surface area contributed by atoms with Crippen LogP contribution in [0, 0.1) is 5.41 Å². The van der Waals surface area contributed by atoms with Gasteiger partial charge < -0.3 is 5.32 Å². The molecule has 0 aromatic heterocycles. The van der Waals surface area contributed by atoms with Crippen molar-refractivity contribution in [1.29, 1.82) is 0 Å². The summed E-state index contributed by atoms with van der Waals surface area (Å²) in [5, 5.41) is 3.09. The maximum Gasteiger partial charge on any atom is 0.228 e. The van der Waals surface area contributed by atoms with E-state index in [0.29, 0.717) is 0 Å². The summed E-state index contributed by atoms with van der Waals surface area (Å²) < 4.78 is 0. The Morgan fingerprint density at radius 1 is 1.27 bits per heavy atom. The van der Waals surface area contributed by atoms with Gasteiger partial charge in [0.2, 0.25) is 5.91 Å². The molecule has 2 nitrogen and oxygen atoms in total. The van der Waals surface area contributed by atoms with Gasteiger partial charge in [-0.2, -0.15) is 0 Å². The number of hydrogen-bond acceptors (Lipinski definition) is 1. The molecule has 1 aromatic rings. The van der Waals surface area contributed by atoms with Crippen molar-refractivity contribution >= 4 is 5.91 Å². The standard InChI is InChI=1S/C13H15NO/c1-13(2)7-10-8-5-3-4-6-9(8)11(13)12(15)14-10/h3-6,10-11H,7H2,1-2H3,(H,14,15). The normalized spacial score (nSPS) is 30.9. The van der Waals surface area contributed by atoms with Gasteiger partial charge in [-0.15, -0.1) is 0 Å². The summed E-state index contributed by atoms with van der Waals surface area (Å²) in [6.45, 7) is 4.39. The minimum Gasteiger partial charge on any atom is -0.349 e. The number of carbonyl (C=O) groups is 1. The predicted octanol–water partition coefficient (Wildman–Crippen LogP) is 2.37. The second-order valence-corrected chi connectivity index (χ2v) is 5.32. The summed E-state index contributed by atoms with van der Waals surface area (Å²) in [5.74, 6) is 0.244. The molecule has 2 atom stereocenters. The first-order valence-corrected chi connectivity index (χ1v) is 5.49. The van der Waals surface area contributed by atoms with Crippen LogP contribution in [0.2, 0.25) is 0 Å². The lowest BCUT2D eigenvalue weighted by molar-refractivity contribution is -0.130. The summed E-state index contributed by atoms with van der Waals surface area (Å²) >= 11 is 0. The zero-order valence-electron chi connectivity index (χ0n) is 9.08. The second kappa shape index (κ2) is 2.63. The van der Waals surface area contributed by atoms with Crippen LogP contribution in [0.15, 0.2) is 24.3 Å². The van der Waals surface area contributed by atoms with Crippen LogP contribution in [0.4, 0.5) is 0 Å². The van der Waals surface area contributed by atoms with Gasteiger partial charge in [0.1, 0.15) is 0 Å². The van der Waals surface area contributed by atoms with E-state index in [-0.39, 0.29) is 23.3 Å². The van der Waals surface area contributed by atoms with Crippen molar-refractivity contribution in [2.24, 2.45) is 5.41 Å². The van der Waals surface area contributed by atoms with Gasteiger partial charge in [-0.05, 0) is 23.0 Å². The number of rotatable bonds is 0. The first-order chi connectivity index (χ1) is 7.09. The number of carbonyl (C=O) groups excluding carboxylic acids is 1. The van der Waals surface area contributed by atoms with Crippen LogP contribution in [-0.2, 0) is 4.79 Å². The van der Waals surface area contributed by atoms with Crippen molar-refractivity contribution in [3.05, 3.63) is 35.4 Å². The largest absolute Gasteiger partial charge is 0.349 e. The quantitative estimate of drug-likeness (QED) is 0.686. The SMILES string of the molecule is CC1(C)CC2NC(=O)C1c1ccccc12. The first-order valence-electron chi connectivity index (χ1n) is 5.49. The Balaban J connectivity index is 2.23. The van der Waals surface area contributed by atoms with Crippen molar-refractivity contribution in [3.8, 4) is 0 Å². The van der Waals surface area contributed by atoms with Gasteiger partial charge in [-0.25, -0.2) is 0 Å². The third-order valence-electron chi connectivity index (χ3n) is 3.77. The van der Waals surface area contributed by atoms with E-state index in [2.05, 4.69) is 37.4 Å². The van der Waals surface area contributed by atoms with Gasteiger partial charge >= 0.3 is 0 Å². The Bertz CT molecular complexity index is 436. The summed E-state index contributed by atoms with van der Waals surface area (Å²) in [6.07, 6.45) is 1.06. The molecular formula is C13H15NO. The molecular weight excluding hydrogens is 186 g/mol. The molecule has 1 N–H and O–H groups in total.